The molecular formula is C27H24ClF3N6O3S. The summed E-state index contributed by atoms with van der Waals surface area (Å²) >= 11 is 7.96. The molecule has 0 spiro atoms. The van der Waals surface area contributed by atoms with E-state index in [2.05, 4.69) is 43.0 Å². The Balaban J connectivity index is 0.000000493. The molecule has 0 saturated heterocycles. The largest absolute Gasteiger partial charge is 0.490 e. The Bertz CT molecular complexity index is 1600. The number of aryl methyl sites for hydroxylation is 4. The van der Waals surface area contributed by atoms with Crippen molar-refractivity contribution in [1.29, 1.82) is 0 Å². The van der Waals surface area contributed by atoms with E-state index >= 15 is 0 Å². The van der Waals surface area contributed by atoms with Gasteiger partial charge in [0.05, 0.1) is 23.3 Å². The molecule has 1 aliphatic rings. The molecule has 214 valence electrons. The van der Waals surface area contributed by atoms with E-state index in [1.165, 1.54) is 5.56 Å². The van der Waals surface area contributed by atoms with Gasteiger partial charge in [-0.15, -0.1) is 11.3 Å². The zero-order valence-corrected chi connectivity index (χ0v) is 23.3. The fourth-order valence-corrected chi connectivity index (χ4v) is 4.92. The minimum absolute atomic E-state index is 0.0806. The van der Waals surface area contributed by atoms with Crippen molar-refractivity contribution in [3.8, 4) is 0 Å². The number of aliphatic carboxylic acids is 1. The Morgan fingerprint density at radius 3 is 2.49 bits per heavy atom. The third-order valence-corrected chi connectivity index (χ3v) is 7.03. The number of aromatic nitrogens is 3. The maximum absolute atomic E-state index is 12.8. The van der Waals surface area contributed by atoms with Gasteiger partial charge in [0, 0.05) is 21.9 Å². The number of hydrogen-bond acceptors (Lipinski definition) is 8. The maximum Gasteiger partial charge on any atom is 0.490 e. The molecule has 14 heteroatoms. The standard InChI is InChI=1S/C25H23ClN6OS.C2HF3O2/c1-14-22(28-15(2)34-14)12-23(33)31-21-9-8-19-11-17(21)7-6-16-4-3-5-18(10-16)30-25-27-13-20(26)24(29-19)32-25;3-2(4,5)1(6)7/h3-5,8-11,13H,6-7,12H2,1-2H3,(H,31,33)(H2,27,29,30,32);(H,6,7). The average molecular weight is 605 g/mol. The van der Waals surface area contributed by atoms with Crippen molar-refractivity contribution in [2.75, 3.05) is 16.0 Å². The minimum Gasteiger partial charge on any atom is -0.475 e. The Morgan fingerprint density at radius 2 is 1.80 bits per heavy atom. The average Bonchev–Trinajstić information content (AvgIpc) is 3.21. The summed E-state index contributed by atoms with van der Waals surface area (Å²) in [6.07, 6.45) is -1.70. The van der Waals surface area contributed by atoms with Crippen LogP contribution in [-0.2, 0) is 28.9 Å². The van der Waals surface area contributed by atoms with E-state index in [0.717, 1.165) is 51.0 Å². The van der Waals surface area contributed by atoms with E-state index in [0.29, 0.717) is 16.8 Å². The van der Waals surface area contributed by atoms with Gasteiger partial charge in [0.1, 0.15) is 5.02 Å². The van der Waals surface area contributed by atoms with Crippen LogP contribution < -0.4 is 16.0 Å². The lowest BCUT2D eigenvalue weighted by atomic mass is 10.0. The predicted octanol–water partition coefficient (Wildman–Crippen LogP) is 6.60. The topological polar surface area (TPSA) is 129 Å². The first-order valence-corrected chi connectivity index (χ1v) is 13.4. The third kappa shape index (κ3) is 8.14. The van der Waals surface area contributed by atoms with Crippen LogP contribution in [0.5, 0.6) is 0 Å². The number of carboxylic acid groups (broad SMARTS) is 1. The van der Waals surface area contributed by atoms with E-state index in [-0.39, 0.29) is 12.3 Å². The highest BCUT2D eigenvalue weighted by Gasteiger charge is 2.38. The molecule has 6 bridgehead atoms. The van der Waals surface area contributed by atoms with Crippen molar-refractivity contribution >= 4 is 63.6 Å². The van der Waals surface area contributed by atoms with Gasteiger partial charge in [-0.05, 0) is 68.1 Å². The van der Waals surface area contributed by atoms with Gasteiger partial charge in [0.15, 0.2) is 5.82 Å². The summed E-state index contributed by atoms with van der Waals surface area (Å²) in [6, 6.07) is 14.0. The van der Waals surface area contributed by atoms with Gasteiger partial charge < -0.3 is 21.1 Å². The van der Waals surface area contributed by atoms with Crippen LogP contribution in [0.1, 0.15) is 26.7 Å². The second-order valence-corrected chi connectivity index (χ2v) is 10.8. The number of halogens is 4. The van der Waals surface area contributed by atoms with Gasteiger partial charge >= 0.3 is 12.1 Å². The molecule has 2 aromatic heterocycles. The quantitative estimate of drug-likeness (QED) is 0.206. The normalized spacial score (nSPS) is 12.2. The maximum atomic E-state index is 12.8. The molecule has 1 amide bonds. The van der Waals surface area contributed by atoms with Gasteiger partial charge in [-0.25, -0.2) is 14.8 Å². The number of fused-ring (bicyclic) bond motifs is 6. The summed E-state index contributed by atoms with van der Waals surface area (Å²) in [4.78, 5) is 36.1. The van der Waals surface area contributed by atoms with Gasteiger partial charge in [0.2, 0.25) is 11.9 Å². The van der Waals surface area contributed by atoms with Crippen LogP contribution in [0.4, 0.5) is 42.0 Å². The highest BCUT2D eigenvalue weighted by atomic mass is 35.5. The van der Waals surface area contributed by atoms with Crippen molar-refractivity contribution in [3.05, 3.63) is 80.4 Å². The number of benzene rings is 2. The van der Waals surface area contributed by atoms with Crippen LogP contribution in [-0.4, -0.2) is 38.1 Å². The van der Waals surface area contributed by atoms with Crippen LogP contribution in [0.15, 0.2) is 48.7 Å². The number of alkyl halides is 3. The van der Waals surface area contributed by atoms with E-state index in [1.807, 2.05) is 44.2 Å². The van der Waals surface area contributed by atoms with Crippen LogP contribution in [0.3, 0.4) is 0 Å². The van der Waals surface area contributed by atoms with Crippen LogP contribution in [0.2, 0.25) is 5.02 Å². The molecule has 41 heavy (non-hydrogen) atoms. The van der Waals surface area contributed by atoms with E-state index in [1.54, 1.807) is 17.5 Å². The van der Waals surface area contributed by atoms with Crippen LogP contribution >= 0.6 is 22.9 Å². The zero-order chi connectivity index (χ0) is 29.7. The van der Waals surface area contributed by atoms with Gasteiger partial charge in [-0.1, -0.05) is 23.7 Å². The van der Waals surface area contributed by atoms with Crippen molar-refractivity contribution in [3.63, 3.8) is 0 Å². The number of rotatable bonds is 3. The zero-order valence-electron chi connectivity index (χ0n) is 21.8. The number of thiazole rings is 1. The summed E-state index contributed by atoms with van der Waals surface area (Å²) in [5.41, 5.74) is 5.54. The van der Waals surface area contributed by atoms with Crippen molar-refractivity contribution < 1.29 is 27.9 Å². The molecule has 1 aliphatic heterocycles. The summed E-state index contributed by atoms with van der Waals surface area (Å²) < 4.78 is 31.7. The lowest BCUT2D eigenvalue weighted by Crippen LogP contribution is -2.21. The van der Waals surface area contributed by atoms with Gasteiger partial charge in [-0.2, -0.15) is 18.2 Å². The molecule has 4 N–H and O–H groups in total. The molecule has 4 aromatic rings. The van der Waals surface area contributed by atoms with Crippen LogP contribution in [0, 0.1) is 13.8 Å². The summed E-state index contributed by atoms with van der Waals surface area (Å²) in [5.74, 6) is -1.87. The second-order valence-electron chi connectivity index (χ2n) is 8.98. The molecular weight excluding hydrogens is 581 g/mol. The number of anilines is 5. The Hall–Kier alpha value is -4.23. The summed E-state index contributed by atoms with van der Waals surface area (Å²) in [6.45, 7) is 3.95. The Morgan fingerprint density at radius 1 is 1.07 bits per heavy atom. The molecule has 9 nitrogen and oxygen atoms in total. The van der Waals surface area contributed by atoms with E-state index < -0.39 is 12.1 Å². The number of nitrogens with zero attached hydrogens (tertiary/aromatic N) is 3. The second kappa shape index (κ2) is 12.5. The SMILES string of the molecule is Cc1nc(CC(=O)Nc2ccc3cc2CCc2cccc(c2)Nc2ncc(Cl)c(n2)N3)c(C)s1.O=C(O)C(F)(F)F. The molecule has 0 fully saturated rings. The lowest BCUT2D eigenvalue weighted by Gasteiger charge is -2.14. The molecule has 0 aliphatic carbocycles. The minimum atomic E-state index is -5.08. The molecule has 0 radical (unpaired) electrons. The van der Waals surface area contributed by atoms with Crippen LogP contribution in [0.25, 0.3) is 0 Å². The highest BCUT2D eigenvalue weighted by Crippen LogP contribution is 2.29. The monoisotopic (exact) mass is 604 g/mol. The first-order valence-electron chi connectivity index (χ1n) is 12.2. The molecule has 5 rings (SSSR count). The first kappa shape index (κ1) is 29.7. The van der Waals surface area contributed by atoms with E-state index in [4.69, 9.17) is 21.5 Å². The summed E-state index contributed by atoms with van der Waals surface area (Å²) in [7, 11) is 0. The predicted molar refractivity (Wildman–Crippen MR) is 152 cm³/mol. The number of carbonyl (C=O) groups excluding carboxylic acids is 1. The first-order chi connectivity index (χ1) is 19.4. The number of carboxylic acids is 1. The fraction of sp³-hybridized carbons (Fsp3) is 0.222. The van der Waals surface area contributed by atoms with Crippen molar-refractivity contribution in [2.24, 2.45) is 0 Å². The fourth-order valence-electron chi connectivity index (χ4n) is 3.95. The van der Waals surface area contributed by atoms with Crippen molar-refractivity contribution in [1.82, 2.24) is 15.0 Å². The number of carbonyl (C=O) groups is 2. The molecule has 3 heterocycles. The smallest absolute Gasteiger partial charge is 0.475 e. The number of nitrogens with one attached hydrogen (secondary N) is 3. The number of hydrogen-bond donors (Lipinski definition) is 4. The molecule has 0 unspecified atom stereocenters. The van der Waals surface area contributed by atoms with Gasteiger partial charge in [-0.3, -0.25) is 4.79 Å². The number of amides is 1. The lowest BCUT2D eigenvalue weighted by molar-refractivity contribution is -0.192. The Labute approximate surface area is 241 Å². The Kier molecular flexibility index (Phi) is 9.08. The molecule has 0 atom stereocenters. The van der Waals surface area contributed by atoms with Crippen molar-refractivity contribution in [2.45, 2.75) is 39.3 Å². The van der Waals surface area contributed by atoms with Gasteiger partial charge in [0.25, 0.3) is 0 Å². The molecule has 0 saturated carbocycles. The highest BCUT2D eigenvalue weighted by molar-refractivity contribution is 7.11. The van der Waals surface area contributed by atoms with E-state index in [9.17, 15) is 18.0 Å². The third-order valence-electron chi connectivity index (χ3n) is 5.82. The summed E-state index contributed by atoms with van der Waals surface area (Å²) in [5, 5.41) is 18.1. The molecule has 2 aromatic carbocycles.